The fraction of sp³-hybridized carbons (Fsp3) is 0.750. The highest BCUT2D eigenvalue weighted by molar-refractivity contribution is 5.16. The van der Waals surface area contributed by atoms with Gasteiger partial charge in [-0.2, -0.15) is 5.10 Å². The van der Waals surface area contributed by atoms with Crippen LogP contribution < -0.4 is 5.32 Å². The number of nitrogens with zero attached hydrogens (tertiary/aromatic N) is 2. The van der Waals surface area contributed by atoms with Crippen LogP contribution in [0.1, 0.15) is 45.4 Å². The van der Waals surface area contributed by atoms with E-state index in [1.807, 2.05) is 6.20 Å². The van der Waals surface area contributed by atoms with Crippen molar-refractivity contribution in [3.63, 3.8) is 0 Å². The summed E-state index contributed by atoms with van der Waals surface area (Å²) in [6.07, 6.45) is 3.11. The Hall–Kier alpha value is -0.830. The Morgan fingerprint density at radius 2 is 2.07 bits per heavy atom. The van der Waals surface area contributed by atoms with Crippen molar-refractivity contribution in [3.8, 4) is 0 Å². The molecule has 1 heterocycles. The zero-order valence-corrected chi connectivity index (χ0v) is 10.6. The van der Waals surface area contributed by atoms with Gasteiger partial charge in [0.05, 0.1) is 6.20 Å². The van der Waals surface area contributed by atoms with Crippen LogP contribution in [0.3, 0.4) is 0 Å². The van der Waals surface area contributed by atoms with Crippen molar-refractivity contribution in [3.05, 3.63) is 17.5 Å². The predicted octanol–water partition coefficient (Wildman–Crippen LogP) is 2.49. The molecule has 15 heavy (non-hydrogen) atoms. The number of nitrogens with one attached hydrogen (secondary N) is 1. The number of rotatable bonds is 4. The second kappa shape index (κ2) is 4.79. The van der Waals surface area contributed by atoms with Gasteiger partial charge in [0.15, 0.2) is 0 Å². The molecule has 0 saturated carbocycles. The molecule has 1 aromatic rings. The van der Waals surface area contributed by atoms with Crippen LogP contribution in [0.4, 0.5) is 0 Å². The molecule has 0 spiro atoms. The van der Waals surface area contributed by atoms with Crippen molar-refractivity contribution in [1.82, 2.24) is 15.1 Å². The average molecular weight is 209 g/mol. The predicted molar refractivity (Wildman–Crippen MR) is 63.8 cm³/mol. The van der Waals surface area contributed by atoms with Crippen LogP contribution in [-0.4, -0.2) is 15.3 Å². The third-order valence-corrected chi connectivity index (χ3v) is 2.45. The highest BCUT2D eigenvalue weighted by atomic mass is 15.3. The van der Waals surface area contributed by atoms with Gasteiger partial charge in [0.25, 0.3) is 0 Å². The minimum Gasteiger partial charge on any atom is -0.308 e. The van der Waals surface area contributed by atoms with Crippen LogP contribution in [-0.2, 0) is 13.1 Å². The molecule has 0 aliphatic heterocycles. The Morgan fingerprint density at radius 3 is 2.60 bits per heavy atom. The van der Waals surface area contributed by atoms with E-state index in [1.54, 1.807) is 0 Å². The van der Waals surface area contributed by atoms with Crippen LogP contribution in [0, 0.1) is 6.92 Å². The summed E-state index contributed by atoms with van der Waals surface area (Å²) in [5.74, 6) is 0. The second-order valence-electron chi connectivity index (χ2n) is 5.08. The van der Waals surface area contributed by atoms with Gasteiger partial charge in [0.2, 0.25) is 0 Å². The molecule has 0 unspecified atom stereocenters. The molecule has 1 rings (SSSR count). The third kappa shape index (κ3) is 3.67. The molecule has 0 amide bonds. The number of aromatic nitrogens is 2. The van der Waals surface area contributed by atoms with Gasteiger partial charge in [-0.15, -0.1) is 0 Å². The molecular formula is C12H23N3. The summed E-state index contributed by atoms with van der Waals surface area (Å²) in [7, 11) is 0. The quantitative estimate of drug-likeness (QED) is 0.825. The molecule has 0 aromatic carbocycles. The molecule has 0 atom stereocenters. The van der Waals surface area contributed by atoms with Crippen LogP contribution in [0.2, 0.25) is 0 Å². The molecule has 0 saturated heterocycles. The van der Waals surface area contributed by atoms with E-state index in [0.717, 1.165) is 19.5 Å². The smallest absolute Gasteiger partial charge is 0.0537 e. The van der Waals surface area contributed by atoms with E-state index in [-0.39, 0.29) is 5.54 Å². The van der Waals surface area contributed by atoms with Crippen molar-refractivity contribution >= 4 is 0 Å². The fourth-order valence-corrected chi connectivity index (χ4v) is 1.46. The Labute approximate surface area is 92.9 Å². The van der Waals surface area contributed by atoms with E-state index in [4.69, 9.17) is 0 Å². The summed E-state index contributed by atoms with van der Waals surface area (Å²) < 4.78 is 2.08. The normalized spacial score (nSPS) is 12.1. The van der Waals surface area contributed by atoms with Crippen LogP contribution in [0.15, 0.2) is 6.20 Å². The van der Waals surface area contributed by atoms with Gasteiger partial charge in [-0.25, -0.2) is 0 Å². The van der Waals surface area contributed by atoms with Crippen LogP contribution in [0.25, 0.3) is 0 Å². The monoisotopic (exact) mass is 209 g/mol. The Kier molecular flexibility index (Phi) is 3.91. The summed E-state index contributed by atoms with van der Waals surface area (Å²) in [6.45, 7) is 12.8. The van der Waals surface area contributed by atoms with Gasteiger partial charge in [0.1, 0.15) is 0 Å². The van der Waals surface area contributed by atoms with Crippen LogP contribution in [0.5, 0.6) is 0 Å². The first-order valence-electron chi connectivity index (χ1n) is 5.70. The van der Waals surface area contributed by atoms with Crippen molar-refractivity contribution in [2.45, 2.75) is 59.7 Å². The van der Waals surface area contributed by atoms with E-state index >= 15 is 0 Å². The minimum atomic E-state index is 0.166. The summed E-state index contributed by atoms with van der Waals surface area (Å²) >= 11 is 0. The molecule has 0 fully saturated rings. The lowest BCUT2D eigenvalue weighted by Crippen LogP contribution is -2.35. The Bertz CT molecular complexity index is 307. The lowest BCUT2D eigenvalue weighted by atomic mass is 10.1. The van der Waals surface area contributed by atoms with Gasteiger partial charge in [0, 0.05) is 29.9 Å². The Balaban J connectivity index is 2.62. The molecule has 0 aliphatic rings. The number of aryl methyl sites for hydroxylation is 1. The molecule has 1 aromatic heterocycles. The highest BCUT2D eigenvalue weighted by Gasteiger charge is 2.11. The van der Waals surface area contributed by atoms with E-state index in [1.165, 1.54) is 11.3 Å². The van der Waals surface area contributed by atoms with Crippen molar-refractivity contribution in [2.75, 3.05) is 0 Å². The third-order valence-electron chi connectivity index (χ3n) is 2.45. The Morgan fingerprint density at radius 1 is 1.40 bits per heavy atom. The van der Waals surface area contributed by atoms with E-state index < -0.39 is 0 Å². The van der Waals surface area contributed by atoms with E-state index in [9.17, 15) is 0 Å². The first kappa shape index (κ1) is 12.2. The lowest BCUT2D eigenvalue weighted by molar-refractivity contribution is 0.423. The molecule has 0 bridgehead atoms. The molecule has 3 heteroatoms. The summed E-state index contributed by atoms with van der Waals surface area (Å²) in [5.41, 5.74) is 2.76. The fourth-order valence-electron chi connectivity index (χ4n) is 1.46. The molecule has 0 radical (unpaired) electrons. The van der Waals surface area contributed by atoms with Gasteiger partial charge in [-0.3, -0.25) is 4.68 Å². The number of hydrogen-bond acceptors (Lipinski definition) is 2. The molecular weight excluding hydrogens is 186 g/mol. The highest BCUT2D eigenvalue weighted by Crippen LogP contribution is 2.09. The topological polar surface area (TPSA) is 29.9 Å². The molecule has 3 nitrogen and oxygen atoms in total. The molecule has 0 aliphatic carbocycles. The zero-order valence-electron chi connectivity index (χ0n) is 10.6. The largest absolute Gasteiger partial charge is 0.308 e. The molecule has 86 valence electrons. The van der Waals surface area contributed by atoms with Crippen molar-refractivity contribution < 1.29 is 0 Å². The van der Waals surface area contributed by atoms with Crippen molar-refractivity contribution in [1.29, 1.82) is 0 Å². The maximum absolute atomic E-state index is 4.38. The standard InChI is InChI=1S/C12H23N3/c1-6-7-15-10(2)11(9-14-15)8-13-12(3,4)5/h9,13H,6-8H2,1-5H3. The maximum atomic E-state index is 4.38. The zero-order chi connectivity index (χ0) is 11.5. The number of hydrogen-bond donors (Lipinski definition) is 1. The van der Waals surface area contributed by atoms with Gasteiger partial charge < -0.3 is 5.32 Å². The summed E-state index contributed by atoms with van der Waals surface area (Å²) in [5, 5.41) is 7.86. The van der Waals surface area contributed by atoms with Gasteiger partial charge in [-0.1, -0.05) is 6.92 Å². The average Bonchev–Trinajstić information content (AvgIpc) is 2.45. The maximum Gasteiger partial charge on any atom is 0.0537 e. The van der Waals surface area contributed by atoms with Gasteiger partial charge >= 0.3 is 0 Å². The first-order chi connectivity index (χ1) is 6.94. The van der Waals surface area contributed by atoms with Crippen molar-refractivity contribution in [2.24, 2.45) is 0 Å². The molecule has 1 N–H and O–H groups in total. The summed E-state index contributed by atoms with van der Waals surface area (Å²) in [6, 6.07) is 0. The lowest BCUT2D eigenvalue weighted by Gasteiger charge is -2.20. The minimum absolute atomic E-state index is 0.166. The van der Waals surface area contributed by atoms with Gasteiger partial charge in [-0.05, 0) is 34.1 Å². The van der Waals surface area contributed by atoms with Crippen LogP contribution >= 0.6 is 0 Å². The SMILES string of the molecule is CCCn1ncc(CNC(C)(C)C)c1C. The first-order valence-corrected chi connectivity index (χ1v) is 5.70. The summed E-state index contributed by atoms with van der Waals surface area (Å²) in [4.78, 5) is 0. The van der Waals surface area contributed by atoms with E-state index in [0.29, 0.717) is 0 Å². The second-order valence-corrected chi connectivity index (χ2v) is 5.08. The van der Waals surface area contributed by atoms with E-state index in [2.05, 4.69) is 49.7 Å².